The normalized spacial score (nSPS) is 14.1. The molecule has 0 aliphatic carbocycles. The van der Waals surface area contributed by atoms with Crippen LogP contribution in [0.1, 0.15) is 18.5 Å². The fraction of sp³-hybridized carbons (Fsp3) is 0.417. The second-order valence-corrected chi connectivity index (χ2v) is 5.22. The summed E-state index contributed by atoms with van der Waals surface area (Å²) in [4.78, 5) is 10.8. The Morgan fingerprint density at radius 2 is 2.29 bits per heavy atom. The zero-order valence-electron chi connectivity index (χ0n) is 9.74. The van der Waals surface area contributed by atoms with E-state index in [1.807, 2.05) is 31.2 Å². The number of hydrogen-bond donors (Lipinski definition) is 1. The molecule has 0 spiro atoms. The molecule has 1 unspecified atom stereocenters. The molecule has 0 bridgehead atoms. The molecule has 0 heterocycles. The van der Waals surface area contributed by atoms with Gasteiger partial charge in [0.15, 0.2) is 0 Å². The number of nitrogens with one attached hydrogen (secondary N) is 1. The molecule has 0 aromatic heterocycles. The smallest absolute Gasteiger partial charge is 0.320 e. The van der Waals surface area contributed by atoms with Gasteiger partial charge in [0.25, 0.3) is 0 Å². The van der Waals surface area contributed by atoms with Gasteiger partial charge in [0.1, 0.15) is 4.83 Å². The summed E-state index contributed by atoms with van der Waals surface area (Å²) in [5, 5.41) is 3.94. The van der Waals surface area contributed by atoms with Crippen LogP contribution in [0.15, 0.2) is 24.3 Å². The van der Waals surface area contributed by atoms with Crippen LogP contribution in [0.4, 0.5) is 0 Å². The van der Waals surface area contributed by atoms with Crippen molar-refractivity contribution < 1.29 is 9.53 Å². The van der Waals surface area contributed by atoms with Crippen molar-refractivity contribution in [1.82, 2.24) is 5.32 Å². The molecule has 0 saturated heterocycles. The molecular formula is C12H15BrClNO2. The van der Waals surface area contributed by atoms with Crippen LogP contribution in [0.5, 0.6) is 0 Å². The molecule has 1 rings (SSSR count). The Morgan fingerprint density at radius 1 is 1.59 bits per heavy atom. The first-order valence-corrected chi connectivity index (χ1v) is 6.54. The minimum absolute atomic E-state index is 0.124. The number of esters is 1. The Morgan fingerprint density at radius 3 is 2.88 bits per heavy atom. The van der Waals surface area contributed by atoms with Crippen molar-refractivity contribution in [3.63, 3.8) is 0 Å². The zero-order valence-corrected chi connectivity index (χ0v) is 12.1. The van der Waals surface area contributed by atoms with Gasteiger partial charge in [-0.1, -0.05) is 39.7 Å². The summed E-state index contributed by atoms with van der Waals surface area (Å²) in [6, 6.07) is 7.76. The molecule has 1 aromatic rings. The average molecular weight is 321 g/mol. The second kappa shape index (κ2) is 6.99. The predicted octanol–water partition coefficient (Wildman–Crippen LogP) is 2.93. The molecule has 94 valence electrons. The summed E-state index contributed by atoms with van der Waals surface area (Å²) >= 11 is 9.17. The SMILES string of the molecule is COC(=O)C(Br)CN[C@H](C)c1cccc(Cl)c1. The fourth-order valence-corrected chi connectivity index (χ4v) is 1.96. The minimum Gasteiger partial charge on any atom is -0.468 e. The lowest BCUT2D eigenvalue weighted by molar-refractivity contribution is -0.139. The molecular weight excluding hydrogens is 305 g/mol. The Labute approximate surface area is 115 Å². The highest BCUT2D eigenvalue weighted by atomic mass is 79.9. The number of ether oxygens (including phenoxy) is 1. The number of rotatable bonds is 5. The summed E-state index contributed by atoms with van der Waals surface area (Å²) in [5.41, 5.74) is 1.09. The first-order chi connectivity index (χ1) is 8.04. The standard InChI is InChI=1S/C12H15BrClNO2/c1-8(9-4-3-5-10(14)6-9)15-7-11(13)12(16)17-2/h3-6,8,11,15H,7H2,1-2H3/t8-,11?/m1/s1. The number of alkyl halides is 1. The van der Waals surface area contributed by atoms with Crippen molar-refractivity contribution in [2.75, 3.05) is 13.7 Å². The van der Waals surface area contributed by atoms with E-state index in [1.54, 1.807) is 0 Å². The molecule has 0 saturated carbocycles. The molecule has 2 atom stereocenters. The number of halogens is 2. The van der Waals surface area contributed by atoms with Gasteiger partial charge < -0.3 is 10.1 Å². The molecule has 1 N–H and O–H groups in total. The van der Waals surface area contributed by atoms with Gasteiger partial charge in [-0.3, -0.25) is 4.79 Å². The van der Waals surface area contributed by atoms with Crippen molar-refractivity contribution in [2.24, 2.45) is 0 Å². The van der Waals surface area contributed by atoms with E-state index in [1.165, 1.54) is 7.11 Å². The summed E-state index contributed by atoms with van der Waals surface area (Å²) in [6.45, 7) is 2.52. The summed E-state index contributed by atoms with van der Waals surface area (Å²) in [6.07, 6.45) is 0. The maximum Gasteiger partial charge on any atom is 0.320 e. The topological polar surface area (TPSA) is 38.3 Å². The van der Waals surface area contributed by atoms with E-state index < -0.39 is 0 Å². The first-order valence-electron chi connectivity index (χ1n) is 5.25. The van der Waals surface area contributed by atoms with E-state index in [-0.39, 0.29) is 16.8 Å². The lowest BCUT2D eigenvalue weighted by Gasteiger charge is -2.16. The van der Waals surface area contributed by atoms with Gasteiger partial charge in [-0.25, -0.2) is 0 Å². The summed E-state index contributed by atoms with van der Waals surface area (Å²) < 4.78 is 4.62. The minimum atomic E-state index is -0.339. The van der Waals surface area contributed by atoms with E-state index in [2.05, 4.69) is 26.0 Å². The van der Waals surface area contributed by atoms with Gasteiger partial charge in [0.05, 0.1) is 7.11 Å². The summed E-state index contributed by atoms with van der Waals surface area (Å²) in [5.74, 6) is -0.282. The van der Waals surface area contributed by atoms with Crippen LogP contribution in [0.25, 0.3) is 0 Å². The van der Waals surface area contributed by atoms with E-state index in [0.717, 1.165) is 5.56 Å². The van der Waals surface area contributed by atoms with Crippen LogP contribution in [0.3, 0.4) is 0 Å². The molecule has 17 heavy (non-hydrogen) atoms. The second-order valence-electron chi connectivity index (χ2n) is 3.68. The number of carbonyl (C=O) groups excluding carboxylic acids is 1. The first kappa shape index (κ1) is 14.5. The number of carbonyl (C=O) groups is 1. The Hall–Kier alpha value is -0.580. The van der Waals surface area contributed by atoms with E-state index >= 15 is 0 Å². The molecule has 3 nitrogen and oxygen atoms in total. The van der Waals surface area contributed by atoms with Gasteiger partial charge in [-0.2, -0.15) is 0 Å². The van der Waals surface area contributed by atoms with Crippen molar-refractivity contribution in [3.05, 3.63) is 34.9 Å². The lowest BCUT2D eigenvalue weighted by Crippen LogP contribution is -2.31. The highest BCUT2D eigenvalue weighted by Gasteiger charge is 2.16. The monoisotopic (exact) mass is 319 g/mol. The van der Waals surface area contributed by atoms with Crippen LogP contribution in [0, 0.1) is 0 Å². The Kier molecular flexibility index (Phi) is 5.95. The van der Waals surface area contributed by atoms with Crippen molar-refractivity contribution in [3.8, 4) is 0 Å². The quantitative estimate of drug-likeness (QED) is 0.669. The van der Waals surface area contributed by atoms with Gasteiger partial charge in [-0.05, 0) is 24.6 Å². The molecule has 0 fully saturated rings. The molecule has 0 amide bonds. The van der Waals surface area contributed by atoms with Crippen LogP contribution < -0.4 is 5.32 Å². The summed E-state index contributed by atoms with van der Waals surface area (Å²) in [7, 11) is 1.37. The van der Waals surface area contributed by atoms with Crippen molar-refractivity contribution >= 4 is 33.5 Å². The van der Waals surface area contributed by atoms with E-state index in [4.69, 9.17) is 11.6 Å². The van der Waals surface area contributed by atoms with Gasteiger partial charge >= 0.3 is 5.97 Å². The van der Waals surface area contributed by atoms with Crippen molar-refractivity contribution in [1.29, 1.82) is 0 Å². The van der Waals surface area contributed by atoms with Gasteiger partial charge in [0.2, 0.25) is 0 Å². The maximum absolute atomic E-state index is 11.2. The van der Waals surface area contributed by atoms with Crippen molar-refractivity contribution in [2.45, 2.75) is 17.8 Å². The highest BCUT2D eigenvalue weighted by Crippen LogP contribution is 2.17. The van der Waals surface area contributed by atoms with Gasteiger partial charge in [0, 0.05) is 17.6 Å². The van der Waals surface area contributed by atoms with E-state index in [0.29, 0.717) is 11.6 Å². The van der Waals surface area contributed by atoms with Crippen LogP contribution in [0.2, 0.25) is 5.02 Å². The largest absolute Gasteiger partial charge is 0.468 e. The molecule has 5 heteroatoms. The number of benzene rings is 1. The zero-order chi connectivity index (χ0) is 12.8. The third kappa shape index (κ3) is 4.66. The predicted molar refractivity (Wildman–Crippen MR) is 72.6 cm³/mol. The number of hydrogen-bond acceptors (Lipinski definition) is 3. The maximum atomic E-state index is 11.2. The lowest BCUT2D eigenvalue weighted by atomic mass is 10.1. The third-order valence-electron chi connectivity index (χ3n) is 2.41. The van der Waals surface area contributed by atoms with Crippen LogP contribution >= 0.6 is 27.5 Å². The average Bonchev–Trinajstić information content (AvgIpc) is 2.34. The third-order valence-corrected chi connectivity index (χ3v) is 3.34. The van der Waals surface area contributed by atoms with Crippen LogP contribution in [-0.2, 0) is 9.53 Å². The molecule has 0 aliphatic rings. The Balaban J connectivity index is 2.50. The Bertz CT molecular complexity index is 387. The highest BCUT2D eigenvalue weighted by molar-refractivity contribution is 9.10. The fourth-order valence-electron chi connectivity index (χ4n) is 1.39. The van der Waals surface area contributed by atoms with Gasteiger partial charge in [-0.15, -0.1) is 0 Å². The molecule has 1 aromatic carbocycles. The van der Waals surface area contributed by atoms with Crippen LogP contribution in [-0.4, -0.2) is 24.5 Å². The van der Waals surface area contributed by atoms with E-state index in [9.17, 15) is 4.79 Å². The molecule has 0 radical (unpaired) electrons. The molecule has 0 aliphatic heterocycles. The number of methoxy groups -OCH3 is 1.